The topological polar surface area (TPSA) is 45.3 Å². The molecule has 5 rings (SSSR count). The molecule has 3 aliphatic rings. The molecule has 0 spiro atoms. The zero-order valence-corrected chi connectivity index (χ0v) is 13.7. The number of amides is 1. The fourth-order valence-corrected chi connectivity index (χ4v) is 4.58. The number of aromatic amines is 1. The number of rotatable bonds is 2. The number of benzene rings is 1. The van der Waals surface area contributed by atoms with Gasteiger partial charge in [0.25, 0.3) is 0 Å². The second-order valence-electron chi connectivity index (χ2n) is 7.23. The highest BCUT2D eigenvalue weighted by Crippen LogP contribution is 2.40. The Morgan fingerprint density at radius 1 is 1.25 bits per heavy atom. The van der Waals surface area contributed by atoms with E-state index in [0.717, 1.165) is 38.8 Å². The average Bonchev–Trinajstić information content (AvgIpc) is 3.36. The van der Waals surface area contributed by atoms with Crippen LogP contribution in [0.25, 0.3) is 16.5 Å². The number of H-pyrrole nitrogens is 1. The van der Waals surface area contributed by atoms with Crippen molar-refractivity contribution in [3.63, 3.8) is 0 Å². The summed E-state index contributed by atoms with van der Waals surface area (Å²) >= 11 is 0. The molecule has 2 bridgehead atoms. The Labute approximate surface area is 141 Å². The Bertz CT molecular complexity index is 822. The van der Waals surface area contributed by atoms with Crippen LogP contribution in [0.3, 0.4) is 0 Å². The highest BCUT2D eigenvalue weighted by Gasteiger charge is 2.45. The van der Waals surface area contributed by atoms with E-state index in [2.05, 4.69) is 41.5 Å². The van der Waals surface area contributed by atoms with Crippen LogP contribution in [0.5, 0.6) is 0 Å². The van der Waals surface area contributed by atoms with Gasteiger partial charge >= 0.3 is 0 Å². The molecular formula is C20H22N2O2. The highest BCUT2D eigenvalue weighted by molar-refractivity contribution is 5.93. The van der Waals surface area contributed by atoms with E-state index >= 15 is 0 Å². The van der Waals surface area contributed by atoms with E-state index in [4.69, 9.17) is 4.74 Å². The first kappa shape index (κ1) is 14.3. The molecule has 2 fully saturated rings. The normalized spacial score (nSPS) is 29.2. The van der Waals surface area contributed by atoms with E-state index in [-0.39, 0.29) is 12.0 Å². The van der Waals surface area contributed by atoms with Crippen LogP contribution in [0.2, 0.25) is 0 Å². The van der Waals surface area contributed by atoms with Gasteiger partial charge in [-0.2, -0.15) is 0 Å². The zero-order chi connectivity index (χ0) is 16.1. The van der Waals surface area contributed by atoms with Crippen LogP contribution in [0, 0.1) is 5.92 Å². The van der Waals surface area contributed by atoms with Crippen molar-refractivity contribution in [1.82, 2.24) is 9.88 Å². The van der Waals surface area contributed by atoms with Crippen LogP contribution in [0.4, 0.5) is 0 Å². The predicted octanol–water partition coefficient (Wildman–Crippen LogP) is 3.35. The second-order valence-corrected chi connectivity index (χ2v) is 7.23. The fourth-order valence-electron chi connectivity index (χ4n) is 4.58. The van der Waals surface area contributed by atoms with Crippen molar-refractivity contribution in [2.45, 2.75) is 37.9 Å². The van der Waals surface area contributed by atoms with Crippen LogP contribution < -0.4 is 0 Å². The van der Waals surface area contributed by atoms with E-state index in [1.54, 1.807) is 0 Å². The molecule has 124 valence electrons. The van der Waals surface area contributed by atoms with Gasteiger partial charge in [0.1, 0.15) is 0 Å². The van der Waals surface area contributed by atoms with Gasteiger partial charge < -0.3 is 14.6 Å². The molecule has 1 aromatic heterocycles. The highest BCUT2D eigenvalue weighted by atomic mass is 16.5. The Morgan fingerprint density at radius 2 is 2.17 bits per heavy atom. The molecule has 4 heteroatoms. The van der Waals surface area contributed by atoms with Crippen LogP contribution in [-0.2, 0) is 9.53 Å². The van der Waals surface area contributed by atoms with Crippen molar-refractivity contribution in [2.75, 3.05) is 13.1 Å². The summed E-state index contributed by atoms with van der Waals surface area (Å²) in [6, 6.07) is 8.39. The summed E-state index contributed by atoms with van der Waals surface area (Å²) in [5.41, 5.74) is 3.80. The smallest absolute Gasteiger partial charge is 0.228 e. The number of fused-ring (bicyclic) bond motifs is 3. The second kappa shape index (κ2) is 5.49. The van der Waals surface area contributed by atoms with Crippen molar-refractivity contribution in [3.05, 3.63) is 42.1 Å². The molecule has 3 aliphatic heterocycles. The molecule has 2 saturated heterocycles. The quantitative estimate of drug-likeness (QED) is 0.921. The van der Waals surface area contributed by atoms with Gasteiger partial charge in [-0.1, -0.05) is 24.3 Å². The summed E-state index contributed by atoms with van der Waals surface area (Å²) < 4.78 is 5.86. The fraction of sp³-hybridized carbons (Fsp3) is 0.450. The van der Waals surface area contributed by atoms with Crippen LogP contribution in [0.1, 0.15) is 31.2 Å². The first-order valence-corrected chi connectivity index (χ1v) is 8.99. The van der Waals surface area contributed by atoms with Gasteiger partial charge in [0, 0.05) is 35.8 Å². The lowest BCUT2D eigenvalue weighted by Gasteiger charge is -2.30. The summed E-state index contributed by atoms with van der Waals surface area (Å²) in [4.78, 5) is 18.2. The van der Waals surface area contributed by atoms with Gasteiger partial charge in [0.05, 0.1) is 18.1 Å². The summed E-state index contributed by atoms with van der Waals surface area (Å²) in [6.07, 6.45) is 8.90. The molecular weight excluding hydrogens is 300 g/mol. The van der Waals surface area contributed by atoms with Gasteiger partial charge in [0.2, 0.25) is 5.91 Å². The third-order valence-corrected chi connectivity index (χ3v) is 5.88. The minimum atomic E-state index is 0.104. The third kappa shape index (κ3) is 2.20. The van der Waals surface area contributed by atoms with Crippen molar-refractivity contribution in [1.29, 1.82) is 0 Å². The summed E-state index contributed by atoms with van der Waals surface area (Å²) in [7, 11) is 0. The van der Waals surface area contributed by atoms with Crippen LogP contribution >= 0.6 is 0 Å². The lowest BCUT2D eigenvalue weighted by molar-refractivity contribution is -0.136. The molecule has 1 aromatic carbocycles. The molecule has 0 saturated carbocycles. The van der Waals surface area contributed by atoms with E-state index in [0.29, 0.717) is 12.0 Å². The SMILES string of the molecule is O=C([C@@H]1C[C@H]2CC[C@@H]1O2)N1CC=C(c2c[nH]c3ccccc23)CC1. The number of nitrogens with zero attached hydrogens (tertiary/aromatic N) is 1. The van der Waals surface area contributed by atoms with Crippen LogP contribution in [0.15, 0.2) is 36.5 Å². The van der Waals surface area contributed by atoms with E-state index in [1.165, 1.54) is 22.0 Å². The summed E-state index contributed by atoms with van der Waals surface area (Å²) in [6.45, 7) is 1.54. The lowest BCUT2D eigenvalue weighted by atomic mass is 9.87. The van der Waals surface area contributed by atoms with E-state index in [9.17, 15) is 4.79 Å². The number of hydrogen-bond acceptors (Lipinski definition) is 2. The number of para-hydroxylation sites is 1. The summed E-state index contributed by atoms with van der Waals surface area (Å²) in [5, 5.41) is 1.27. The molecule has 0 aliphatic carbocycles. The maximum absolute atomic E-state index is 12.8. The van der Waals surface area contributed by atoms with Gasteiger partial charge in [-0.05, 0) is 37.3 Å². The molecule has 24 heavy (non-hydrogen) atoms. The number of ether oxygens (including phenoxy) is 1. The van der Waals surface area contributed by atoms with E-state index < -0.39 is 0 Å². The average molecular weight is 322 g/mol. The number of aromatic nitrogens is 1. The molecule has 3 atom stereocenters. The number of nitrogens with one attached hydrogen (secondary N) is 1. The standard InChI is InChI=1S/C20H22N2O2/c23-20(16-11-14-5-6-19(16)24-14)22-9-7-13(8-10-22)17-12-21-18-4-2-1-3-15(17)18/h1-4,7,12,14,16,19,21H,5-6,8-11H2/t14-,16-,19+/m1/s1. The number of hydrogen-bond donors (Lipinski definition) is 1. The Morgan fingerprint density at radius 3 is 2.92 bits per heavy atom. The predicted molar refractivity (Wildman–Crippen MR) is 93.5 cm³/mol. The molecule has 1 amide bonds. The largest absolute Gasteiger partial charge is 0.374 e. The molecule has 0 radical (unpaired) electrons. The van der Waals surface area contributed by atoms with Crippen LogP contribution in [-0.4, -0.2) is 41.1 Å². The number of carbonyl (C=O) groups is 1. The minimum absolute atomic E-state index is 0.104. The molecule has 2 aromatic rings. The van der Waals surface area contributed by atoms with Crippen molar-refractivity contribution < 1.29 is 9.53 Å². The first-order chi connectivity index (χ1) is 11.8. The van der Waals surface area contributed by atoms with Crippen molar-refractivity contribution >= 4 is 22.4 Å². The van der Waals surface area contributed by atoms with Crippen molar-refractivity contribution in [2.24, 2.45) is 5.92 Å². The van der Waals surface area contributed by atoms with Gasteiger partial charge in [-0.3, -0.25) is 4.79 Å². The number of carbonyl (C=O) groups excluding carboxylic acids is 1. The lowest BCUT2D eigenvalue weighted by Crippen LogP contribution is -2.41. The summed E-state index contributed by atoms with van der Waals surface area (Å²) in [5.74, 6) is 0.406. The zero-order valence-electron chi connectivity index (χ0n) is 13.7. The monoisotopic (exact) mass is 322 g/mol. The molecule has 4 nitrogen and oxygen atoms in total. The Balaban J connectivity index is 1.33. The Hall–Kier alpha value is -2.07. The maximum Gasteiger partial charge on any atom is 0.228 e. The van der Waals surface area contributed by atoms with Gasteiger partial charge in [-0.15, -0.1) is 0 Å². The maximum atomic E-state index is 12.8. The van der Waals surface area contributed by atoms with E-state index in [1.807, 2.05) is 4.90 Å². The molecule has 4 heterocycles. The first-order valence-electron chi connectivity index (χ1n) is 8.99. The molecule has 1 N–H and O–H groups in total. The third-order valence-electron chi connectivity index (χ3n) is 5.88. The van der Waals surface area contributed by atoms with Gasteiger partial charge in [0.15, 0.2) is 0 Å². The van der Waals surface area contributed by atoms with Crippen molar-refractivity contribution in [3.8, 4) is 0 Å². The minimum Gasteiger partial charge on any atom is -0.374 e. The molecule has 0 unspecified atom stereocenters. The Kier molecular flexibility index (Phi) is 3.27. The van der Waals surface area contributed by atoms with Gasteiger partial charge in [-0.25, -0.2) is 0 Å².